The van der Waals surface area contributed by atoms with Crippen LogP contribution in [0.1, 0.15) is 24.0 Å². The van der Waals surface area contributed by atoms with Crippen LogP contribution in [0.3, 0.4) is 0 Å². The third-order valence-electron chi connectivity index (χ3n) is 5.68. The van der Waals surface area contributed by atoms with Crippen LogP contribution in [0.4, 0.5) is 0 Å². The van der Waals surface area contributed by atoms with Gasteiger partial charge in [-0.25, -0.2) is 12.7 Å². The second-order valence-corrected chi connectivity index (χ2v) is 9.80. The van der Waals surface area contributed by atoms with Gasteiger partial charge in [-0.1, -0.05) is 24.3 Å². The summed E-state index contributed by atoms with van der Waals surface area (Å²) in [5, 5.41) is 0. The van der Waals surface area contributed by atoms with Crippen LogP contribution in [0.15, 0.2) is 24.3 Å². The summed E-state index contributed by atoms with van der Waals surface area (Å²) in [7, 11) is 0.156. The molecule has 0 radical (unpaired) electrons. The topological polar surface area (TPSA) is 43.9 Å². The molecule has 0 N–H and O–H groups in total. The Morgan fingerprint density at radius 2 is 1.76 bits per heavy atom. The Balaban J connectivity index is 1.42. The predicted molar refractivity (Wildman–Crippen MR) is 102 cm³/mol. The molecule has 5 nitrogen and oxygen atoms in total. The maximum atomic E-state index is 11.8. The molecule has 0 unspecified atom stereocenters. The molecule has 25 heavy (non-hydrogen) atoms. The summed E-state index contributed by atoms with van der Waals surface area (Å²) >= 11 is 0. The zero-order valence-electron chi connectivity index (χ0n) is 15.5. The minimum absolute atomic E-state index is 0.250. The minimum Gasteiger partial charge on any atom is -0.301 e. The fourth-order valence-electron chi connectivity index (χ4n) is 4.00. The number of hydrogen-bond acceptors (Lipinski definition) is 4. The van der Waals surface area contributed by atoms with E-state index in [1.54, 1.807) is 14.1 Å². The van der Waals surface area contributed by atoms with Crippen molar-refractivity contribution in [3.05, 3.63) is 35.4 Å². The zero-order chi connectivity index (χ0) is 17.9. The molecule has 0 amide bonds. The summed E-state index contributed by atoms with van der Waals surface area (Å²) in [6, 6.07) is 9.52. The number of piperazine rings is 1. The van der Waals surface area contributed by atoms with E-state index < -0.39 is 10.0 Å². The van der Waals surface area contributed by atoms with E-state index in [2.05, 4.69) is 34.1 Å². The molecule has 0 bridgehead atoms. The summed E-state index contributed by atoms with van der Waals surface area (Å²) in [6.07, 6.45) is 4.36. The zero-order valence-corrected chi connectivity index (χ0v) is 16.3. The van der Waals surface area contributed by atoms with Gasteiger partial charge in [-0.05, 0) is 43.4 Å². The molecule has 1 saturated heterocycles. The molecule has 1 aliphatic heterocycles. The highest BCUT2D eigenvalue weighted by Crippen LogP contribution is 2.25. The molecule has 1 aromatic carbocycles. The molecule has 1 aliphatic carbocycles. The number of aryl methyl sites for hydroxylation is 1. The Hall–Kier alpha value is -0.950. The van der Waals surface area contributed by atoms with Crippen LogP contribution in [0.2, 0.25) is 0 Å². The van der Waals surface area contributed by atoms with E-state index in [4.69, 9.17) is 0 Å². The van der Waals surface area contributed by atoms with Crippen molar-refractivity contribution < 1.29 is 8.42 Å². The Kier molecular flexibility index (Phi) is 6.15. The van der Waals surface area contributed by atoms with Gasteiger partial charge < -0.3 is 4.90 Å². The number of hydrogen-bond donors (Lipinski definition) is 0. The van der Waals surface area contributed by atoms with Crippen LogP contribution in [0.5, 0.6) is 0 Å². The average Bonchev–Trinajstić information content (AvgIpc) is 2.61. The predicted octanol–water partition coefficient (Wildman–Crippen LogP) is 1.44. The third-order valence-corrected chi connectivity index (χ3v) is 7.59. The highest BCUT2D eigenvalue weighted by molar-refractivity contribution is 7.89. The van der Waals surface area contributed by atoms with E-state index >= 15 is 0 Å². The van der Waals surface area contributed by atoms with Gasteiger partial charge in [-0.3, -0.25) is 4.90 Å². The van der Waals surface area contributed by atoms with Gasteiger partial charge in [0.05, 0.1) is 5.75 Å². The summed E-state index contributed by atoms with van der Waals surface area (Å²) in [6.45, 7) is 5.20. The maximum Gasteiger partial charge on any atom is 0.213 e. The van der Waals surface area contributed by atoms with Crippen molar-refractivity contribution in [2.24, 2.45) is 0 Å². The van der Waals surface area contributed by atoms with Crippen molar-refractivity contribution in [3.63, 3.8) is 0 Å². The molecule has 3 rings (SSSR count). The summed E-state index contributed by atoms with van der Waals surface area (Å²) < 4.78 is 25.0. The Morgan fingerprint density at radius 1 is 1.08 bits per heavy atom. The molecule has 140 valence electrons. The first-order valence-corrected chi connectivity index (χ1v) is 11.0. The summed E-state index contributed by atoms with van der Waals surface area (Å²) in [5.41, 5.74) is 3.05. The fourth-order valence-corrected chi connectivity index (χ4v) is 4.85. The van der Waals surface area contributed by atoms with Gasteiger partial charge in [0.25, 0.3) is 0 Å². The second kappa shape index (κ2) is 8.16. The molecule has 6 heteroatoms. The van der Waals surface area contributed by atoms with Gasteiger partial charge in [0.1, 0.15) is 0 Å². The highest BCUT2D eigenvalue weighted by atomic mass is 32.2. The van der Waals surface area contributed by atoms with E-state index in [9.17, 15) is 8.42 Å². The summed E-state index contributed by atoms with van der Waals surface area (Å²) in [4.78, 5) is 5.06. The first-order valence-electron chi connectivity index (χ1n) is 9.39. The van der Waals surface area contributed by atoms with Crippen molar-refractivity contribution in [3.8, 4) is 0 Å². The van der Waals surface area contributed by atoms with Crippen molar-refractivity contribution in [2.75, 3.05) is 52.6 Å². The molecule has 0 saturated carbocycles. The SMILES string of the molecule is CN(C)S(=O)(=O)CCCN1CCN([C@@H]2CCc3ccccc3C2)CC1. The molecule has 0 spiro atoms. The molecular formula is C19H31N3O2S. The van der Waals surface area contributed by atoms with Crippen LogP contribution in [-0.4, -0.2) is 81.1 Å². The monoisotopic (exact) mass is 365 g/mol. The number of benzene rings is 1. The van der Waals surface area contributed by atoms with Crippen LogP contribution < -0.4 is 0 Å². The number of rotatable bonds is 6. The largest absolute Gasteiger partial charge is 0.301 e. The molecule has 1 aromatic rings. The third kappa shape index (κ3) is 4.82. The van der Waals surface area contributed by atoms with Crippen molar-refractivity contribution in [1.29, 1.82) is 0 Å². The van der Waals surface area contributed by atoms with Gasteiger partial charge in [0, 0.05) is 46.3 Å². The summed E-state index contributed by atoms with van der Waals surface area (Å²) in [5.74, 6) is 0.250. The van der Waals surface area contributed by atoms with Crippen LogP contribution in [-0.2, 0) is 22.9 Å². The number of sulfonamides is 1. The van der Waals surface area contributed by atoms with Crippen LogP contribution >= 0.6 is 0 Å². The molecule has 1 heterocycles. The molecule has 1 atom stereocenters. The molecular weight excluding hydrogens is 334 g/mol. The molecule has 0 aromatic heterocycles. The van der Waals surface area contributed by atoms with Crippen LogP contribution in [0, 0.1) is 0 Å². The van der Waals surface area contributed by atoms with Crippen molar-refractivity contribution in [1.82, 2.24) is 14.1 Å². The van der Waals surface area contributed by atoms with Crippen molar-refractivity contribution in [2.45, 2.75) is 31.7 Å². The maximum absolute atomic E-state index is 11.8. The molecule has 1 fully saturated rings. The Morgan fingerprint density at radius 3 is 2.44 bits per heavy atom. The number of nitrogens with zero attached hydrogens (tertiary/aromatic N) is 3. The number of fused-ring (bicyclic) bond motifs is 1. The lowest BCUT2D eigenvalue weighted by molar-refractivity contribution is 0.0897. The lowest BCUT2D eigenvalue weighted by Crippen LogP contribution is -2.51. The standard InChI is InChI=1S/C19H31N3O2S/c1-20(2)25(23,24)15-5-10-21-11-13-22(14-12-21)19-9-8-17-6-3-4-7-18(17)16-19/h3-4,6-7,19H,5,8-16H2,1-2H3/t19-/m1/s1. The smallest absolute Gasteiger partial charge is 0.213 e. The van der Waals surface area contributed by atoms with Gasteiger partial charge in [0.2, 0.25) is 10.0 Å². The van der Waals surface area contributed by atoms with Gasteiger partial charge >= 0.3 is 0 Å². The normalized spacial score (nSPS) is 22.9. The fraction of sp³-hybridized carbons (Fsp3) is 0.684. The van der Waals surface area contributed by atoms with E-state index in [0.29, 0.717) is 6.04 Å². The van der Waals surface area contributed by atoms with Crippen LogP contribution in [0.25, 0.3) is 0 Å². The highest BCUT2D eigenvalue weighted by Gasteiger charge is 2.27. The van der Waals surface area contributed by atoms with E-state index in [1.807, 2.05) is 0 Å². The van der Waals surface area contributed by atoms with E-state index in [1.165, 1.54) is 34.7 Å². The first kappa shape index (κ1) is 18.8. The lowest BCUT2D eigenvalue weighted by Gasteiger charge is -2.41. The first-order chi connectivity index (χ1) is 12.0. The van der Waals surface area contributed by atoms with Crippen molar-refractivity contribution >= 4 is 10.0 Å². The minimum atomic E-state index is -3.06. The average molecular weight is 366 g/mol. The van der Waals surface area contributed by atoms with E-state index in [-0.39, 0.29) is 5.75 Å². The van der Waals surface area contributed by atoms with Gasteiger partial charge in [-0.2, -0.15) is 0 Å². The Labute approximate surface area is 152 Å². The second-order valence-electron chi connectivity index (χ2n) is 7.49. The quantitative estimate of drug-likeness (QED) is 0.765. The van der Waals surface area contributed by atoms with E-state index in [0.717, 1.165) is 39.1 Å². The Bertz CT molecular complexity index is 667. The van der Waals surface area contributed by atoms with Gasteiger partial charge in [0.15, 0.2) is 0 Å². The lowest BCUT2D eigenvalue weighted by atomic mass is 9.87. The molecule has 2 aliphatic rings. The van der Waals surface area contributed by atoms with Gasteiger partial charge in [-0.15, -0.1) is 0 Å².